The number of carbonyl (C=O) groups excluding carboxylic acids is 1. The highest BCUT2D eigenvalue weighted by atomic mass is 32.2. The third-order valence-corrected chi connectivity index (χ3v) is 2.49. The first-order valence-corrected chi connectivity index (χ1v) is 3.35. The fraction of sp³-hybridized carbons (Fsp3) is 0.800. The lowest BCUT2D eigenvalue weighted by molar-refractivity contribution is -0.118. The van der Waals surface area contributed by atoms with E-state index in [1.807, 2.05) is 13.8 Å². The zero-order valence-electron chi connectivity index (χ0n) is 4.47. The Hall–Kier alpha value is 0.0200. The normalized spacial score (nSPS) is 40.6. The highest BCUT2D eigenvalue weighted by Gasteiger charge is 2.32. The predicted molar refractivity (Wildman–Crippen MR) is 31.5 cm³/mol. The zero-order valence-corrected chi connectivity index (χ0v) is 5.29. The van der Waals surface area contributed by atoms with E-state index in [1.165, 1.54) is 0 Å². The number of hydrogen-bond acceptors (Lipinski definition) is 2. The van der Waals surface area contributed by atoms with Crippen LogP contribution < -0.4 is 0 Å². The van der Waals surface area contributed by atoms with Gasteiger partial charge in [0.15, 0.2) is 5.78 Å². The molecule has 0 bridgehead atoms. The van der Waals surface area contributed by atoms with Crippen LogP contribution >= 0.6 is 11.8 Å². The van der Waals surface area contributed by atoms with Gasteiger partial charge in [-0.05, 0) is 13.8 Å². The maximum absolute atomic E-state index is 10.5. The van der Waals surface area contributed by atoms with Crippen molar-refractivity contribution in [2.45, 2.75) is 24.3 Å². The Labute approximate surface area is 47.5 Å². The van der Waals surface area contributed by atoms with Crippen molar-refractivity contribution in [1.29, 1.82) is 0 Å². The lowest BCUT2D eigenvalue weighted by atomic mass is 10.2. The molecule has 0 amide bonds. The molecule has 1 aliphatic heterocycles. The van der Waals surface area contributed by atoms with Crippen LogP contribution in [0.25, 0.3) is 0 Å². The minimum absolute atomic E-state index is 0.287. The molecular formula is C5H8OS. The molecule has 0 aromatic heterocycles. The van der Waals surface area contributed by atoms with E-state index in [0.29, 0.717) is 5.78 Å². The summed E-state index contributed by atoms with van der Waals surface area (Å²) in [6.45, 7) is 3.90. The van der Waals surface area contributed by atoms with Crippen LogP contribution in [0.1, 0.15) is 13.8 Å². The van der Waals surface area contributed by atoms with Crippen molar-refractivity contribution in [1.82, 2.24) is 0 Å². The van der Waals surface area contributed by atoms with Crippen molar-refractivity contribution in [3.8, 4) is 0 Å². The van der Waals surface area contributed by atoms with E-state index in [2.05, 4.69) is 0 Å². The summed E-state index contributed by atoms with van der Waals surface area (Å²) in [5.74, 6) is 0.407. The van der Waals surface area contributed by atoms with Crippen molar-refractivity contribution >= 4 is 17.5 Å². The van der Waals surface area contributed by atoms with Crippen LogP contribution in [-0.2, 0) is 4.79 Å². The van der Waals surface area contributed by atoms with Gasteiger partial charge in [-0.25, -0.2) is 0 Å². The number of thioether (sulfide) groups is 1. The summed E-state index contributed by atoms with van der Waals surface area (Å²) in [6.07, 6.45) is 0. The highest BCUT2D eigenvalue weighted by molar-refractivity contribution is 8.04. The second kappa shape index (κ2) is 1.51. The van der Waals surface area contributed by atoms with Crippen molar-refractivity contribution in [3.63, 3.8) is 0 Å². The largest absolute Gasteiger partial charge is 0.297 e. The lowest BCUT2D eigenvalue weighted by Crippen LogP contribution is -2.35. The van der Waals surface area contributed by atoms with Gasteiger partial charge in [0.25, 0.3) is 0 Å². The van der Waals surface area contributed by atoms with Crippen molar-refractivity contribution in [2.75, 3.05) is 0 Å². The monoisotopic (exact) mass is 116 g/mol. The van der Waals surface area contributed by atoms with Gasteiger partial charge in [0.05, 0.1) is 10.5 Å². The third kappa shape index (κ3) is 0.673. The molecule has 2 heteroatoms. The first-order chi connectivity index (χ1) is 3.22. The Bertz CT molecular complexity index is 90.3. The molecule has 1 heterocycles. The molecule has 0 N–H and O–H groups in total. The number of hydrogen-bond donors (Lipinski definition) is 0. The first kappa shape index (κ1) is 5.16. The van der Waals surface area contributed by atoms with Crippen LogP contribution in [0.3, 0.4) is 0 Å². The van der Waals surface area contributed by atoms with Crippen LogP contribution in [0.15, 0.2) is 0 Å². The molecule has 2 atom stereocenters. The molecular weight excluding hydrogens is 108 g/mol. The molecule has 1 rings (SSSR count). The van der Waals surface area contributed by atoms with Gasteiger partial charge in [-0.15, -0.1) is 11.8 Å². The van der Waals surface area contributed by atoms with Crippen LogP contribution in [-0.4, -0.2) is 16.3 Å². The van der Waals surface area contributed by atoms with Gasteiger partial charge < -0.3 is 0 Å². The van der Waals surface area contributed by atoms with E-state index in [1.54, 1.807) is 11.8 Å². The molecule has 0 radical (unpaired) electrons. The summed E-state index contributed by atoms with van der Waals surface area (Å²) in [5.41, 5.74) is 0. The second-order valence-corrected chi connectivity index (χ2v) is 3.51. The predicted octanol–water partition coefficient (Wildman–Crippen LogP) is 1.08. The van der Waals surface area contributed by atoms with E-state index < -0.39 is 0 Å². The minimum Gasteiger partial charge on any atom is -0.297 e. The molecule has 7 heavy (non-hydrogen) atoms. The number of ketones is 1. The molecule has 1 fully saturated rings. The van der Waals surface area contributed by atoms with E-state index in [4.69, 9.17) is 0 Å². The summed E-state index contributed by atoms with van der Waals surface area (Å²) in [7, 11) is 0. The molecule has 0 aromatic rings. The van der Waals surface area contributed by atoms with Gasteiger partial charge in [0.2, 0.25) is 0 Å². The number of Topliss-reactive ketones (excluding diaryl/α,β-unsaturated/α-hetero) is 1. The summed E-state index contributed by atoms with van der Waals surface area (Å²) in [5, 5.41) is 0.574. The number of carbonyl (C=O) groups is 1. The molecule has 0 aliphatic carbocycles. The van der Waals surface area contributed by atoms with Gasteiger partial charge >= 0.3 is 0 Å². The maximum Gasteiger partial charge on any atom is 0.158 e. The highest BCUT2D eigenvalue weighted by Crippen LogP contribution is 2.31. The van der Waals surface area contributed by atoms with Crippen LogP contribution in [0.2, 0.25) is 0 Å². The standard InChI is InChI=1S/C5H8OS/c1-3-5(6)4(2)7-3/h3-4H,1-2H3/t3-,4-/m0/s1. The van der Waals surface area contributed by atoms with Gasteiger partial charge in [-0.3, -0.25) is 4.79 Å². The van der Waals surface area contributed by atoms with Gasteiger partial charge in [-0.2, -0.15) is 0 Å². The average Bonchev–Trinajstić information content (AvgIpc) is 1.68. The summed E-state index contributed by atoms with van der Waals surface area (Å²) in [4.78, 5) is 10.5. The summed E-state index contributed by atoms with van der Waals surface area (Å²) in [6, 6.07) is 0. The smallest absolute Gasteiger partial charge is 0.158 e. The Morgan fingerprint density at radius 1 is 1.43 bits per heavy atom. The molecule has 1 nitrogen and oxygen atoms in total. The summed E-state index contributed by atoms with van der Waals surface area (Å²) < 4.78 is 0. The second-order valence-electron chi connectivity index (χ2n) is 1.82. The fourth-order valence-corrected chi connectivity index (χ4v) is 1.76. The molecule has 0 unspecified atom stereocenters. The van der Waals surface area contributed by atoms with Crippen LogP contribution in [0.4, 0.5) is 0 Å². The van der Waals surface area contributed by atoms with Gasteiger partial charge in [-0.1, -0.05) is 0 Å². The van der Waals surface area contributed by atoms with Gasteiger partial charge in [0, 0.05) is 0 Å². The molecule has 0 spiro atoms. The van der Waals surface area contributed by atoms with Crippen molar-refractivity contribution in [3.05, 3.63) is 0 Å². The Morgan fingerprint density at radius 2 is 1.86 bits per heavy atom. The molecule has 40 valence electrons. The summed E-state index contributed by atoms with van der Waals surface area (Å²) >= 11 is 1.74. The van der Waals surface area contributed by atoms with Crippen LogP contribution in [0.5, 0.6) is 0 Å². The van der Waals surface area contributed by atoms with E-state index >= 15 is 0 Å². The lowest BCUT2D eigenvalue weighted by Gasteiger charge is -2.26. The quantitative estimate of drug-likeness (QED) is 0.471. The topological polar surface area (TPSA) is 17.1 Å². The minimum atomic E-state index is 0.287. The molecule has 0 saturated carbocycles. The Kier molecular flexibility index (Phi) is 1.11. The van der Waals surface area contributed by atoms with Crippen molar-refractivity contribution in [2.24, 2.45) is 0 Å². The van der Waals surface area contributed by atoms with Gasteiger partial charge in [0.1, 0.15) is 0 Å². The Balaban J connectivity index is 2.44. The number of rotatable bonds is 0. The molecule has 0 aromatic carbocycles. The third-order valence-electron chi connectivity index (χ3n) is 1.21. The first-order valence-electron chi connectivity index (χ1n) is 2.41. The fourth-order valence-electron chi connectivity index (χ4n) is 0.699. The zero-order chi connectivity index (χ0) is 5.44. The SMILES string of the molecule is C[C@@H]1S[C@@H](C)C1=O. The Morgan fingerprint density at radius 3 is 1.86 bits per heavy atom. The average molecular weight is 116 g/mol. The van der Waals surface area contributed by atoms with Crippen LogP contribution in [0, 0.1) is 0 Å². The van der Waals surface area contributed by atoms with E-state index in [-0.39, 0.29) is 10.5 Å². The van der Waals surface area contributed by atoms with Crippen molar-refractivity contribution < 1.29 is 4.79 Å². The molecule has 1 saturated heterocycles. The van der Waals surface area contributed by atoms with E-state index in [0.717, 1.165) is 0 Å². The molecule has 1 aliphatic rings. The van der Waals surface area contributed by atoms with E-state index in [9.17, 15) is 4.79 Å². The maximum atomic E-state index is 10.5.